The number of carbonyl (C=O) groups excluding carboxylic acids is 1. The van der Waals surface area contributed by atoms with Crippen molar-refractivity contribution in [2.24, 2.45) is 17.8 Å². The van der Waals surface area contributed by atoms with Crippen molar-refractivity contribution >= 4 is 5.97 Å². The number of carbonyl (C=O) groups is 1. The summed E-state index contributed by atoms with van der Waals surface area (Å²) in [5, 5.41) is 20.6. The van der Waals surface area contributed by atoms with Crippen molar-refractivity contribution in [2.75, 3.05) is 6.61 Å². The van der Waals surface area contributed by atoms with Crippen molar-refractivity contribution in [3.63, 3.8) is 0 Å². The SMILES string of the molecule is CCC(Oc1ccc(C(C)(C)C)cc1)C(=O)O[C@H]1C[C@H](O)C=C2C=C[C@H](C)[C@H](CC[C@@H]3C[C@H](O)CCO3)[C@H]21. The molecule has 0 radical (unpaired) electrons. The number of fused-ring (bicyclic) bond motifs is 1. The molecule has 2 N–H and O–H groups in total. The van der Waals surface area contributed by atoms with Gasteiger partial charge in [-0.25, -0.2) is 4.79 Å². The van der Waals surface area contributed by atoms with Crippen LogP contribution >= 0.6 is 0 Å². The largest absolute Gasteiger partial charge is 0.479 e. The standard InChI is InChI=1S/C32H46O6/c1-6-28(37-25-11-9-22(10-12-25)32(3,4)5)31(35)38-29-19-24(34)17-21-8-7-20(2)27(30(21)29)14-13-26-18-23(33)15-16-36-26/h7-12,17,20,23-24,26-30,33-34H,6,13-16,18-19H2,1-5H3/t20-,23+,24+,26+,27-,28?,29-,30-/m0/s1. The van der Waals surface area contributed by atoms with Crippen LogP contribution in [0.3, 0.4) is 0 Å². The summed E-state index contributed by atoms with van der Waals surface area (Å²) in [7, 11) is 0. The lowest BCUT2D eigenvalue weighted by molar-refractivity contribution is -0.163. The van der Waals surface area contributed by atoms with E-state index in [1.165, 1.54) is 5.56 Å². The van der Waals surface area contributed by atoms with E-state index in [9.17, 15) is 15.0 Å². The fraction of sp³-hybridized carbons (Fsp3) is 0.656. The summed E-state index contributed by atoms with van der Waals surface area (Å²) in [4.78, 5) is 13.4. The molecule has 2 aliphatic carbocycles. The zero-order chi connectivity index (χ0) is 27.4. The Balaban J connectivity index is 1.45. The van der Waals surface area contributed by atoms with Crippen molar-refractivity contribution < 1.29 is 29.2 Å². The number of hydrogen-bond donors (Lipinski definition) is 2. The van der Waals surface area contributed by atoms with E-state index in [1.54, 1.807) is 0 Å². The van der Waals surface area contributed by atoms with E-state index in [2.05, 4.69) is 39.8 Å². The van der Waals surface area contributed by atoms with Crippen molar-refractivity contribution in [3.8, 4) is 5.75 Å². The van der Waals surface area contributed by atoms with Gasteiger partial charge in [0.2, 0.25) is 0 Å². The minimum absolute atomic E-state index is 0.0134. The quantitative estimate of drug-likeness (QED) is 0.435. The summed E-state index contributed by atoms with van der Waals surface area (Å²) >= 11 is 0. The number of allylic oxidation sites excluding steroid dienone is 2. The molecule has 210 valence electrons. The normalized spacial score (nSPS) is 32.2. The Labute approximate surface area is 228 Å². The van der Waals surface area contributed by atoms with Crippen LogP contribution in [0.5, 0.6) is 5.75 Å². The molecule has 38 heavy (non-hydrogen) atoms. The van der Waals surface area contributed by atoms with Crippen LogP contribution in [0.15, 0.2) is 48.1 Å². The third-order valence-corrected chi connectivity index (χ3v) is 8.43. The summed E-state index contributed by atoms with van der Waals surface area (Å²) in [6, 6.07) is 7.90. The second-order valence-electron chi connectivity index (χ2n) is 12.4. The molecule has 3 aliphatic rings. The number of ether oxygens (including phenoxy) is 3. The number of rotatable bonds is 8. The van der Waals surface area contributed by atoms with E-state index in [0.29, 0.717) is 44.0 Å². The molecule has 0 aromatic heterocycles. The van der Waals surface area contributed by atoms with Gasteiger partial charge in [-0.3, -0.25) is 0 Å². The van der Waals surface area contributed by atoms with Crippen molar-refractivity contribution in [3.05, 3.63) is 53.6 Å². The fourth-order valence-electron chi connectivity index (χ4n) is 6.15. The number of aliphatic hydroxyl groups excluding tert-OH is 2. The van der Waals surface area contributed by atoms with Crippen LogP contribution in [0.4, 0.5) is 0 Å². The number of esters is 1. The molecule has 6 nitrogen and oxygen atoms in total. The monoisotopic (exact) mass is 526 g/mol. The van der Waals surface area contributed by atoms with Crippen LogP contribution < -0.4 is 4.74 Å². The molecule has 1 unspecified atom stereocenters. The number of aliphatic hydroxyl groups is 2. The Kier molecular flexibility index (Phi) is 9.38. The average molecular weight is 527 g/mol. The second-order valence-corrected chi connectivity index (χ2v) is 12.4. The molecule has 0 bridgehead atoms. The van der Waals surface area contributed by atoms with Crippen LogP contribution in [-0.2, 0) is 19.7 Å². The Hall–Kier alpha value is -2.15. The highest BCUT2D eigenvalue weighted by Crippen LogP contribution is 2.44. The third-order valence-electron chi connectivity index (χ3n) is 8.43. The van der Waals surface area contributed by atoms with Gasteiger partial charge in [0, 0.05) is 18.9 Å². The molecule has 4 rings (SSSR count). The molecule has 0 saturated carbocycles. The van der Waals surface area contributed by atoms with Gasteiger partial charge in [-0.15, -0.1) is 0 Å². The van der Waals surface area contributed by atoms with Crippen LogP contribution in [-0.4, -0.2) is 53.3 Å². The zero-order valence-electron chi connectivity index (χ0n) is 23.6. The van der Waals surface area contributed by atoms with Gasteiger partial charge in [0.15, 0.2) is 6.10 Å². The molecule has 1 aliphatic heterocycles. The van der Waals surface area contributed by atoms with E-state index < -0.39 is 18.3 Å². The zero-order valence-corrected chi connectivity index (χ0v) is 23.6. The highest BCUT2D eigenvalue weighted by molar-refractivity contribution is 5.75. The molecule has 1 saturated heterocycles. The fourth-order valence-corrected chi connectivity index (χ4v) is 6.15. The van der Waals surface area contributed by atoms with Gasteiger partial charge in [-0.1, -0.05) is 65.0 Å². The van der Waals surface area contributed by atoms with E-state index in [4.69, 9.17) is 14.2 Å². The van der Waals surface area contributed by atoms with Crippen molar-refractivity contribution in [1.82, 2.24) is 0 Å². The summed E-state index contributed by atoms with van der Waals surface area (Å²) in [6.45, 7) is 11.2. The van der Waals surface area contributed by atoms with Crippen LogP contribution in [0.25, 0.3) is 0 Å². The first-order valence-corrected chi connectivity index (χ1v) is 14.4. The summed E-state index contributed by atoms with van der Waals surface area (Å²) < 4.78 is 18.1. The molecular weight excluding hydrogens is 480 g/mol. The minimum Gasteiger partial charge on any atom is -0.479 e. The topological polar surface area (TPSA) is 85.2 Å². The van der Waals surface area contributed by atoms with E-state index in [1.807, 2.05) is 37.3 Å². The van der Waals surface area contributed by atoms with Crippen LogP contribution in [0.2, 0.25) is 0 Å². The lowest BCUT2D eigenvalue weighted by Crippen LogP contribution is -2.44. The molecule has 1 aromatic rings. The van der Waals surface area contributed by atoms with Crippen LogP contribution in [0.1, 0.15) is 78.7 Å². The predicted molar refractivity (Wildman–Crippen MR) is 148 cm³/mol. The second kappa shape index (κ2) is 12.4. The van der Waals surface area contributed by atoms with Crippen LogP contribution in [0, 0.1) is 17.8 Å². The maximum absolute atomic E-state index is 13.4. The third kappa shape index (κ3) is 7.08. The Morgan fingerprint density at radius 1 is 1.13 bits per heavy atom. The Morgan fingerprint density at radius 2 is 1.87 bits per heavy atom. The van der Waals surface area contributed by atoms with E-state index in [-0.39, 0.29) is 35.4 Å². The molecule has 0 spiro atoms. The van der Waals surface area contributed by atoms with Gasteiger partial charge in [-0.2, -0.15) is 0 Å². The lowest BCUT2D eigenvalue weighted by atomic mass is 9.66. The minimum atomic E-state index is -0.714. The van der Waals surface area contributed by atoms with Gasteiger partial charge >= 0.3 is 5.97 Å². The molecule has 1 aromatic carbocycles. The number of benzene rings is 1. The smallest absolute Gasteiger partial charge is 0.347 e. The first kappa shape index (κ1) is 28.8. The molecule has 0 amide bonds. The average Bonchev–Trinajstić information content (AvgIpc) is 2.86. The lowest BCUT2D eigenvalue weighted by Gasteiger charge is -2.43. The van der Waals surface area contributed by atoms with E-state index in [0.717, 1.165) is 18.4 Å². The molecular formula is C32H46O6. The maximum atomic E-state index is 13.4. The highest BCUT2D eigenvalue weighted by Gasteiger charge is 2.43. The molecule has 6 heteroatoms. The van der Waals surface area contributed by atoms with E-state index >= 15 is 0 Å². The first-order chi connectivity index (χ1) is 18.0. The van der Waals surface area contributed by atoms with Gasteiger partial charge in [0.05, 0.1) is 18.3 Å². The summed E-state index contributed by atoms with van der Waals surface area (Å²) in [6.07, 6.45) is 8.18. The first-order valence-electron chi connectivity index (χ1n) is 14.4. The number of hydrogen-bond acceptors (Lipinski definition) is 6. The van der Waals surface area contributed by atoms with Gasteiger partial charge in [-0.05, 0) is 72.6 Å². The highest BCUT2D eigenvalue weighted by atomic mass is 16.6. The van der Waals surface area contributed by atoms with Gasteiger partial charge in [0.25, 0.3) is 0 Å². The predicted octanol–water partition coefficient (Wildman–Crippen LogP) is 5.50. The Morgan fingerprint density at radius 3 is 2.53 bits per heavy atom. The van der Waals surface area contributed by atoms with Crippen molar-refractivity contribution in [2.45, 2.75) is 109 Å². The molecule has 1 fully saturated rings. The molecule has 1 heterocycles. The van der Waals surface area contributed by atoms with Gasteiger partial charge < -0.3 is 24.4 Å². The molecule has 8 atom stereocenters. The van der Waals surface area contributed by atoms with Gasteiger partial charge in [0.1, 0.15) is 11.9 Å². The summed E-state index contributed by atoms with van der Waals surface area (Å²) in [5.74, 6) is 0.838. The maximum Gasteiger partial charge on any atom is 0.347 e. The van der Waals surface area contributed by atoms with Crippen molar-refractivity contribution in [1.29, 1.82) is 0 Å². The Bertz CT molecular complexity index is 990. The summed E-state index contributed by atoms with van der Waals surface area (Å²) in [5.41, 5.74) is 2.29.